The summed E-state index contributed by atoms with van der Waals surface area (Å²) in [4.78, 5) is 10.9. The van der Waals surface area contributed by atoms with Crippen LogP contribution in [-0.4, -0.2) is 46.5 Å². The van der Waals surface area contributed by atoms with Gasteiger partial charge in [0.05, 0.1) is 28.5 Å². The zero-order valence-corrected chi connectivity index (χ0v) is 11.9. The van der Waals surface area contributed by atoms with E-state index >= 15 is 0 Å². The van der Waals surface area contributed by atoms with Gasteiger partial charge in [-0.05, 0) is 25.3 Å². The van der Waals surface area contributed by atoms with Gasteiger partial charge >= 0.3 is 0 Å². The van der Waals surface area contributed by atoms with Gasteiger partial charge in [0.15, 0.2) is 0 Å². The molecule has 1 N–H and O–H groups in total. The van der Waals surface area contributed by atoms with Crippen LogP contribution in [0.3, 0.4) is 0 Å². The number of hydrogen-bond acceptors (Lipinski definition) is 6. The number of anilines is 1. The Hall–Kier alpha value is -1.24. The Morgan fingerprint density at radius 1 is 1.53 bits per heavy atom. The molecule has 102 valence electrons. The molecule has 0 radical (unpaired) electrons. The van der Waals surface area contributed by atoms with Crippen LogP contribution in [0.5, 0.6) is 0 Å². The van der Waals surface area contributed by atoms with E-state index in [0.717, 1.165) is 22.6 Å². The zero-order valence-electron chi connectivity index (χ0n) is 11.0. The molecule has 1 fully saturated rings. The topological polar surface area (TPSA) is 58.5 Å². The van der Waals surface area contributed by atoms with Crippen molar-refractivity contribution in [2.75, 3.05) is 24.6 Å². The van der Waals surface area contributed by atoms with E-state index in [-0.39, 0.29) is 18.3 Å². The minimum absolute atomic E-state index is 0.0264. The molecule has 0 aliphatic carbocycles. The number of rotatable bonds is 2. The van der Waals surface area contributed by atoms with Crippen molar-refractivity contribution in [3.05, 3.63) is 17.8 Å². The second-order valence-electron chi connectivity index (χ2n) is 5.39. The molecule has 0 bridgehead atoms. The number of morpholine rings is 1. The van der Waals surface area contributed by atoms with E-state index in [9.17, 15) is 5.11 Å². The van der Waals surface area contributed by atoms with Crippen molar-refractivity contribution in [2.45, 2.75) is 25.6 Å². The van der Waals surface area contributed by atoms with Gasteiger partial charge in [-0.3, -0.25) is 0 Å². The Balaban J connectivity index is 1.98. The van der Waals surface area contributed by atoms with E-state index in [1.807, 2.05) is 25.3 Å². The molecule has 2 aromatic heterocycles. The molecule has 1 aliphatic heterocycles. The van der Waals surface area contributed by atoms with Gasteiger partial charge in [-0.15, -0.1) is 11.3 Å². The Kier molecular flexibility index (Phi) is 3.16. The lowest BCUT2D eigenvalue weighted by Gasteiger charge is -2.42. The monoisotopic (exact) mass is 279 g/mol. The van der Waals surface area contributed by atoms with Crippen LogP contribution in [-0.2, 0) is 4.74 Å². The number of nitrogens with zero attached hydrogens (tertiary/aromatic N) is 3. The van der Waals surface area contributed by atoms with Crippen LogP contribution in [0.25, 0.3) is 10.2 Å². The van der Waals surface area contributed by atoms with Gasteiger partial charge in [0.2, 0.25) is 0 Å². The van der Waals surface area contributed by atoms with Crippen LogP contribution in [0.4, 0.5) is 5.82 Å². The Morgan fingerprint density at radius 2 is 2.37 bits per heavy atom. The van der Waals surface area contributed by atoms with E-state index in [0.29, 0.717) is 6.54 Å². The number of thiophene rings is 1. The summed E-state index contributed by atoms with van der Waals surface area (Å²) in [7, 11) is 0. The van der Waals surface area contributed by atoms with Gasteiger partial charge in [-0.1, -0.05) is 0 Å². The van der Waals surface area contributed by atoms with Crippen LogP contribution >= 0.6 is 11.3 Å². The van der Waals surface area contributed by atoms with Gasteiger partial charge in [0.1, 0.15) is 12.1 Å². The summed E-state index contributed by atoms with van der Waals surface area (Å²) >= 11 is 1.65. The normalized spacial score (nSPS) is 22.9. The fourth-order valence-electron chi connectivity index (χ4n) is 2.55. The first-order valence-corrected chi connectivity index (χ1v) is 7.19. The zero-order chi connectivity index (χ0) is 13.5. The molecule has 3 rings (SSSR count). The number of hydrogen-bond donors (Lipinski definition) is 1. The predicted molar refractivity (Wildman–Crippen MR) is 75.7 cm³/mol. The maximum Gasteiger partial charge on any atom is 0.150 e. The molecule has 1 unspecified atom stereocenters. The molecule has 0 saturated carbocycles. The van der Waals surface area contributed by atoms with Crippen molar-refractivity contribution < 1.29 is 9.84 Å². The van der Waals surface area contributed by atoms with E-state index in [1.165, 1.54) is 0 Å². The van der Waals surface area contributed by atoms with Crippen LogP contribution in [0.1, 0.15) is 13.8 Å². The first kappa shape index (κ1) is 12.8. The number of ether oxygens (including phenoxy) is 1. The van der Waals surface area contributed by atoms with Crippen molar-refractivity contribution in [3.63, 3.8) is 0 Å². The fourth-order valence-corrected chi connectivity index (χ4v) is 3.41. The maximum absolute atomic E-state index is 9.38. The van der Waals surface area contributed by atoms with Crippen molar-refractivity contribution in [1.29, 1.82) is 0 Å². The van der Waals surface area contributed by atoms with Gasteiger partial charge < -0.3 is 14.7 Å². The van der Waals surface area contributed by atoms with Gasteiger partial charge in [0.25, 0.3) is 0 Å². The summed E-state index contributed by atoms with van der Waals surface area (Å²) < 4.78 is 6.93. The van der Waals surface area contributed by atoms with Crippen molar-refractivity contribution >= 4 is 27.4 Å². The molecule has 0 spiro atoms. The van der Waals surface area contributed by atoms with E-state index < -0.39 is 0 Å². The SMILES string of the molecule is CC1(C)CN(c2ncnc3ccsc23)CC(CO)O1. The lowest BCUT2D eigenvalue weighted by Crippen LogP contribution is -2.54. The third-order valence-corrected chi connectivity index (χ3v) is 4.11. The van der Waals surface area contributed by atoms with E-state index in [1.54, 1.807) is 17.7 Å². The van der Waals surface area contributed by atoms with Crippen LogP contribution in [0, 0.1) is 0 Å². The number of aliphatic hydroxyl groups excluding tert-OH is 1. The van der Waals surface area contributed by atoms with Gasteiger partial charge in [0, 0.05) is 13.1 Å². The van der Waals surface area contributed by atoms with Gasteiger partial charge in [-0.25, -0.2) is 9.97 Å². The predicted octanol–water partition coefficient (Wildman–Crippen LogP) is 1.67. The standard InChI is InChI=1S/C13H17N3O2S/c1-13(2)7-16(5-9(6-17)18-13)12-11-10(3-4-19-11)14-8-15-12/h3-4,8-9,17H,5-7H2,1-2H3. The smallest absolute Gasteiger partial charge is 0.150 e. The van der Waals surface area contributed by atoms with Crippen LogP contribution < -0.4 is 4.90 Å². The second-order valence-corrected chi connectivity index (χ2v) is 6.31. The van der Waals surface area contributed by atoms with Gasteiger partial charge in [-0.2, -0.15) is 0 Å². The summed E-state index contributed by atoms with van der Waals surface area (Å²) in [5.41, 5.74) is 0.681. The summed E-state index contributed by atoms with van der Waals surface area (Å²) in [6.45, 7) is 5.51. The number of aliphatic hydroxyl groups is 1. The largest absolute Gasteiger partial charge is 0.394 e. The number of aromatic nitrogens is 2. The van der Waals surface area contributed by atoms with E-state index in [4.69, 9.17) is 4.74 Å². The molecule has 1 saturated heterocycles. The molecular formula is C13H17N3O2S. The quantitative estimate of drug-likeness (QED) is 0.906. The highest BCUT2D eigenvalue weighted by Crippen LogP contribution is 2.31. The molecule has 19 heavy (non-hydrogen) atoms. The highest BCUT2D eigenvalue weighted by Gasteiger charge is 2.34. The maximum atomic E-state index is 9.38. The first-order chi connectivity index (χ1) is 9.09. The minimum Gasteiger partial charge on any atom is -0.394 e. The third-order valence-electron chi connectivity index (χ3n) is 3.21. The average Bonchev–Trinajstić information content (AvgIpc) is 2.84. The lowest BCUT2D eigenvalue weighted by atomic mass is 10.1. The third kappa shape index (κ3) is 2.43. The molecule has 1 aliphatic rings. The summed E-state index contributed by atoms with van der Waals surface area (Å²) in [6.07, 6.45) is 1.43. The summed E-state index contributed by atoms with van der Waals surface area (Å²) in [6, 6.07) is 2.00. The minimum atomic E-state index is -0.291. The number of fused-ring (bicyclic) bond motifs is 1. The van der Waals surface area contributed by atoms with Crippen molar-refractivity contribution in [2.24, 2.45) is 0 Å². The summed E-state index contributed by atoms with van der Waals surface area (Å²) in [5.74, 6) is 0.940. The molecule has 2 aromatic rings. The summed E-state index contributed by atoms with van der Waals surface area (Å²) in [5, 5.41) is 11.4. The molecule has 0 amide bonds. The lowest BCUT2D eigenvalue weighted by molar-refractivity contribution is -0.101. The second kappa shape index (κ2) is 4.70. The van der Waals surface area contributed by atoms with Crippen molar-refractivity contribution in [3.8, 4) is 0 Å². The highest BCUT2D eigenvalue weighted by atomic mass is 32.1. The fraction of sp³-hybridized carbons (Fsp3) is 0.538. The molecule has 5 nitrogen and oxygen atoms in total. The molecule has 6 heteroatoms. The Labute approximate surface area is 115 Å². The Bertz CT molecular complexity index is 584. The Morgan fingerprint density at radius 3 is 3.16 bits per heavy atom. The van der Waals surface area contributed by atoms with Crippen LogP contribution in [0.2, 0.25) is 0 Å². The average molecular weight is 279 g/mol. The van der Waals surface area contributed by atoms with E-state index in [2.05, 4.69) is 14.9 Å². The molecule has 1 atom stereocenters. The van der Waals surface area contributed by atoms with Crippen molar-refractivity contribution in [1.82, 2.24) is 9.97 Å². The highest BCUT2D eigenvalue weighted by molar-refractivity contribution is 7.17. The molecule has 0 aromatic carbocycles. The molecule has 3 heterocycles. The first-order valence-electron chi connectivity index (χ1n) is 6.31. The van der Waals surface area contributed by atoms with Crippen LogP contribution in [0.15, 0.2) is 17.8 Å². The molecular weight excluding hydrogens is 262 g/mol.